The molecule has 7 N–H and O–H groups in total. The molecule has 0 saturated heterocycles. The zero-order chi connectivity index (χ0) is 10.1. The van der Waals surface area contributed by atoms with Crippen LogP contribution in [0.3, 0.4) is 0 Å². The third-order valence-corrected chi connectivity index (χ3v) is 1.66. The van der Waals surface area contributed by atoms with E-state index >= 15 is 0 Å². The average Bonchev–Trinajstić information content (AvgIpc) is 2.08. The summed E-state index contributed by atoms with van der Waals surface area (Å²) in [5.41, 5.74) is 15.9. The molecule has 0 aromatic rings. The summed E-state index contributed by atoms with van der Waals surface area (Å²) in [4.78, 5) is 11.0. The van der Waals surface area contributed by atoms with Crippen LogP contribution < -0.4 is 22.5 Å². The summed E-state index contributed by atoms with van der Waals surface area (Å²) in [5, 5.41) is 2.69. The molecule has 0 aliphatic carbocycles. The lowest BCUT2D eigenvalue weighted by Gasteiger charge is -2.05. The summed E-state index contributed by atoms with van der Waals surface area (Å²) in [7, 11) is 0. The van der Waals surface area contributed by atoms with E-state index in [2.05, 4.69) is 5.32 Å². The van der Waals surface area contributed by atoms with E-state index in [1.54, 1.807) is 0 Å². The smallest absolute Gasteiger partial charge is 0.220 e. The van der Waals surface area contributed by atoms with Gasteiger partial charge in [-0.15, -0.1) is 0 Å². The normalized spacial score (nSPS) is 10.5. The fourth-order valence-corrected chi connectivity index (χ4v) is 0.966. The molecule has 1 amide bonds. The highest BCUT2D eigenvalue weighted by atomic mass is 16.1. The van der Waals surface area contributed by atoms with Gasteiger partial charge in [-0.05, 0) is 12.8 Å². The van der Waals surface area contributed by atoms with Crippen LogP contribution in [-0.2, 0) is 4.79 Å². The Morgan fingerprint density at radius 3 is 2.54 bits per heavy atom. The predicted molar refractivity (Wildman–Crippen MR) is 52.7 cm³/mol. The molecule has 0 heterocycles. The van der Waals surface area contributed by atoms with E-state index in [0.717, 1.165) is 19.3 Å². The quantitative estimate of drug-likeness (QED) is 0.299. The monoisotopic (exact) mass is 188 g/mol. The first-order valence-corrected chi connectivity index (χ1v) is 4.64. The summed E-state index contributed by atoms with van der Waals surface area (Å²) in [6.07, 6.45) is 2.78. The van der Waals surface area contributed by atoms with Crippen molar-refractivity contribution in [2.24, 2.45) is 17.2 Å². The number of unbranched alkanes of at least 4 members (excludes halogenated alkanes) is 1. The highest BCUT2D eigenvalue weighted by Gasteiger charge is 2.00. The maximum atomic E-state index is 11.0. The van der Waals surface area contributed by atoms with Crippen molar-refractivity contribution in [3.8, 4) is 0 Å². The number of hydrogen-bond acceptors (Lipinski definition) is 4. The molecule has 0 atom stereocenters. The van der Waals surface area contributed by atoms with Crippen molar-refractivity contribution in [3.05, 3.63) is 0 Å². The van der Waals surface area contributed by atoms with Crippen molar-refractivity contribution in [3.63, 3.8) is 0 Å². The van der Waals surface area contributed by atoms with Crippen molar-refractivity contribution in [2.45, 2.75) is 31.8 Å². The lowest BCUT2D eigenvalue weighted by Crippen LogP contribution is -2.30. The molecule has 0 spiro atoms. The van der Waals surface area contributed by atoms with Crippen LogP contribution >= 0.6 is 0 Å². The molecule has 0 aliphatic heterocycles. The molecule has 0 aromatic carbocycles. The van der Waals surface area contributed by atoms with Gasteiger partial charge in [0.1, 0.15) is 0 Å². The SMILES string of the molecule is NCCNC(=O)CCCCC(N)N. The second kappa shape index (κ2) is 7.97. The van der Waals surface area contributed by atoms with Crippen LogP contribution in [0.25, 0.3) is 0 Å². The topological polar surface area (TPSA) is 107 Å². The molecule has 0 saturated carbocycles. The van der Waals surface area contributed by atoms with E-state index in [1.165, 1.54) is 0 Å². The molecule has 78 valence electrons. The van der Waals surface area contributed by atoms with Gasteiger partial charge >= 0.3 is 0 Å². The van der Waals surface area contributed by atoms with Crippen LogP contribution in [0.1, 0.15) is 25.7 Å². The van der Waals surface area contributed by atoms with Gasteiger partial charge in [-0.2, -0.15) is 0 Å². The maximum Gasteiger partial charge on any atom is 0.220 e. The molecule has 0 aliphatic rings. The molecule has 0 aromatic heterocycles. The van der Waals surface area contributed by atoms with Crippen LogP contribution in [0.5, 0.6) is 0 Å². The molecular weight excluding hydrogens is 168 g/mol. The lowest BCUT2D eigenvalue weighted by molar-refractivity contribution is -0.121. The van der Waals surface area contributed by atoms with Gasteiger partial charge in [0.25, 0.3) is 0 Å². The van der Waals surface area contributed by atoms with Crippen molar-refractivity contribution >= 4 is 5.91 Å². The van der Waals surface area contributed by atoms with Crippen LogP contribution in [-0.4, -0.2) is 25.2 Å². The van der Waals surface area contributed by atoms with Gasteiger partial charge < -0.3 is 22.5 Å². The molecule has 0 radical (unpaired) electrons. The highest BCUT2D eigenvalue weighted by molar-refractivity contribution is 5.75. The molecule has 0 unspecified atom stereocenters. The molecule has 0 fully saturated rings. The Labute approximate surface area is 79.0 Å². The van der Waals surface area contributed by atoms with Crippen LogP contribution in [0.2, 0.25) is 0 Å². The van der Waals surface area contributed by atoms with Crippen molar-refractivity contribution in [1.82, 2.24) is 5.32 Å². The van der Waals surface area contributed by atoms with E-state index in [1.807, 2.05) is 0 Å². The Balaban J connectivity index is 3.17. The van der Waals surface area contributed by atoms with Gasteiger partial charge in [-0.1, -0.05) is 6.42 Å². The molecule has 13 heavy (non-hydrogen) atoms. The number of carbonyl (C=O) groups is 1. The minimum Gasteiger partial charge on any atom is -0.355 e. The molecule has 0 rings (SSSR count). The third-order valence-electron chi connectivity index (χ3n) is 1.66. The Kier molecular flexibility index (Phi) is 7.57. The van der Waals surface area contributed by atoms with Gasteiger partial charge in [0, 0.05) is 19.5 Å². The van der Waals surface area contributed by atoms with E-state index in [0.29, 0.717) is 19.5 Å². The number of nitrogens with two attached hydrogens (primary N) is 3. The second-order valence-corrected chi connectivity index (χ2v) is 3.05. The first kappa shape index (κ1) is 12.3. The summed E-state index contributed by atoms with van der Waals surface area (Å²) in [6, 6.07) is 0. The van der Waals surface area contributed by atoms with Gasteiger partial charge in [-0.25, -0.2) is 0 Å². The molecular formula is C8H20N4O. The van der Waals surface area contributed by atoms with Crippen LogP contribution in [0.15, 0.2) is 0 Å². The standard InChI is InChI=1S/C8H20N4O/c9-5-6-12-8(13)4-2-1-3-7(10)11/h7H,1-6,9-11H2,(H,12,13). The van der Waals surface area contributed by atoms with E-state index in [9.17, 15) is 4.79 Å². The fraction of sp³-hybridized carbons (Fsp3) is 0.875. The fourth-order valence-electron chi connectivity index (χ4n) is 0.966. The molecule has 5 nitrogen and oxygen atoms in total. The summed E-state index contributed by atoms with van der Waals surface area (Å²) in [6.45, 7) is 1.04. The van der Waals surface area contributed by atoms with Crippen LogP contribution in [0.4, 0.5) is 0 Å². The number of amides is 1. The van der Waals surface area contributed by atoms with Crippen LogP contribution in [0, 0.1) is 0 Å². The number of rotatable bonds is 7. The number of hydrogen-bond donors (Lipinski definition) is 4. The molecule has 0 bridgehead atoms. The Morgan fingerprint density at radius 1 is 1.31 bits per heavy atom. The highest BCUT2D eigenvalue weighted by Crippen LogP contribution is 1.99. The van der Waals surface area contributed by atoms with Crippen molar-refractivity contribution in [2.75, 3.05) is 13.1 Å². The third kappa shape index (κ3) is 9.26. The first-order chi connectivity index (χ1) is 6.16. The van der Waals surface area contributed by atoms with Gasteiger partial charge in [0.2, 0.25) is 5.91 Å². The number of nitrogens with one attached hydrogen (secondary N) is 1. The van der Waals surface area contributed by atoms with Crippen molar-refractivity contribution in [1.29, 1.82) is 0 Å². The lowest BCUT2D eigenvalue weighted by atomic mass is 10.1. The predicted octanol–water partition coefficient (Wildman–Crippen LogP) is -1.13. The summed E-state index contributed by atoms with van der Waals surface area (Å²) >= 11 is 0. The number of carbonyl (C=O) groups excluding carboxylic acids is 1. The van der Waals surface area contributed by atoms with Gasteiger partial charge in [0.05, 0.1) is 6.17 Å². The van der Waals surface area contributed by atoms with E-state index in [4.69, 9.17) is 17.2 Å². The summed E-state index contributed by atoms with van der Waals surface area (Å²) in [5.74, 6) is 0.0519. The Hall–Kier alpha value is -0.650. The van der Waals surface area contributed by atoms with E-state index in [-0.39, 0.29) is 12.1 Å². The summed E-state index contributed by atoms with van der Waals surface area (Å²) < 4.78 is 0. The van der Waals surface area contributed by atoms with Gasteiger partial charge in [-0.3, -0.25) is 4.79 Å². The maximum absolute atomic E-state index is 11.0. The van der Waals surface area contributed by atoms with Crippen molar-refractivity contribution < 1.29 is 4.79 Å². The molecule has 5 heteroatoms. The zero-order valence-corrected chi connectivity index (χ0v) is 7.96. The van der Waals surface area contributed by atoms with E-state index < -0.39 is 0 Å². The average molecular weight is 188 g/mol. The first-order valence-electron chi connectivity index (χ1n) is 4.64. The zero-order valence-electron chi connectivity index (χ0n) is 7.96. The second-order valence-electron chi connectivity index (χ2n) is 3.05. The Bertz CT molecular complexity index is 138. The minimum absolute atomic E-state index is 0.0519. The Morgan fingerprint density at radius 2 is 2.00 bits per heavy atom. The minimum atomic E-state index is -0.257. The largest absolute Gasteiger partial charge is 0.355 e. The van der Waals surface area contributed by atoms with Gasteiger partial charge in [0.15, 0.2) is 0 Å².